The van der Waals surface area contributed by atoms with E-state index >= 15 is 8.78 Å². The second-order valence-electron chi connectivity index (χ2n) is 16.6. The fourth-order valence-corrected chi connectivity index (χ4v) is 10.5. The maximum absolute atomic E-state index is 15.3. The number of hydrogen-bond acceptors (Lipinski definition) is 6. The van der Waals surface area contributed by atoms with Gasteiger partial charge in [-0.15, -0.1) is 0 Å². The van der Waals surface area contributed by atoms with Crippen LogP contribution in [-0.4, -0.2) is 67.8 Å². The van der Waals surface area contributed by atoms with E-state index in [0.29, 0.717) is 23.1 Å². The van der Waals surface area contributed by atoms with Gasteiger partial charge < -0.3 is 14.6 Å². The molecule has 0 unspecified atom stereocenters. The van der Waals surface area contributed by atoms with Crippen molar-refractivity contribution in [2.75, 3.05) is 13.1 Å². The van der Waals surface area contributed by atoms with Crippen molar-refractivity contribution in [3.05, 3.63) is 41.9 Å². The summed E-state index contributed by atoms with van der Waals surface area (Å²) >= 11 is 0. The summed E-state index contributed by atoms with van der Waals surface area (Å²) < 4.78 is 65.9. The molecule has 3 heterocycles. The van der Waals surface area contributed by atoms with E-state index in [1.165, 1.54) is 19.5 Å². The molecule has 3 aromatic rings. The van der Waals surface area contributed by atoms with Crippen LogP contribution >= 0.6 is 0 Å². The second-order valence-corrected chi connectivity index (χ2v) is 16.6. The topological polar surface area (TPSA) is 89.3 Å². The molecule has 1 saturated heterocycles. The number of hydrogen-bond donors (Lipinski definition) is 1. The molecule has 6 aliphatic rings. The Morgan fingerprint density at radius 2 is 1.65 bits per heavy atom. The molecule has 1 N–H and O–H groups in total. The minimum absolute atomic E-state index is 0.00763. The third-order valence-electron chi connectivity index (χ3n) is 12.7. The zero-order chi connectivity index (χ0) is 36.0. The average Bonchev–Trinajstić information content (AvgIpc) is 3.44. The minimum Gasteiger partial charge on any atom is -0.490 e. The van der Waals surface area contributed by atoms with Crippen LogP contribution in [0.3, 0.4) is 0 Å². The van der Waals surface area contributed by atoms with Crippen molar-refractivity contribution in [2.45, 2.75) is 121 Å². The number of likely N-dealkylation sites (tertiary alicyclic amines) is 1. The molecular formula is C39H47F4N5O3. The van der Waals surface area contributed by atoms with Gasteiger partial charge >= 0.3 is 0 Å². The molecule has 51 heavy (non-hydrogen) atoms. The monoisotopic (exact) mass is 709 g/mol. The van der Waals surface area contributed by atoms with E-state index in [0.717, 1.165) is 69.2 Å². The van der Waals surface area contributed by atoms with E-state index < -0.39 is 29.0 Å². The third kappa shape index (κ3) is 6.03. The lowest BCUT2D eigenvalue weighted by Crippen LogP contribution is -2.69. The third-order valence-corrected chi connectivity index (χ3v) is 12.7. The normalized spacial score (nSPS) is 31.5. The van der Waals surface area contributed by atoms with E-state index in [1.54, 1.807) is 0 Å². The fraction of sp³-hybridized carbons (Fsp3) is 0.641. The Hall–Kier alpha value is -3.54. The number of carbonyl (C=O) groups is 2. The first-order valence-electron chi connectivity index (χ1n) is 18.6. The standard InChI is InChI=1S/C39H47F4N5O3/c1-21(2)48-18-32(30-10-9-29(16-33(30)48)51-28-7-5-27(6-8-28)47-19-38(42,43)20-47)35-44-17-31(34(45-35)37(4,40)41)36(50)46-39(22(3)49)25-12-23-11-24(14-25)15-26(39)13-23/h9-10,16-18,21,23-28H,5-8,11-15,19-20H2,1-4H3,(H,46,50). The molecule has 9 rings (SSSR count). The van der Waals surface area contributed by atoms with Crippen LogP contribution in [0.4, 0.5) is 17.6 Å². The molecule has 8 nitrogen and oxygen atoms in total. The lowest BCUT2D eigenvalue weighted by atomic mass is 9.47. The highest BCUT2D eigenvalue weighted by atomic mass is 19.3. The summed E-state index contributed by atoms with van der Waals surface area (Å²) in [6.07, 6.45) is 10.8. The number of fused-ring (bicyclic) bond motifs is 1. The summed E-state index contributed by atoms with van der Waals surface area (Å²) in [6.45, 7) is 5.97. The van der Waals surface area contributed by atoms with Crippen LogP contribution in [0.15, 0.2) is 30.6 Å². The van der Waals surface area contributed by atoms with Gasteiger partial charge in [-0.2, -0.15) is 8.78 Å². The molecule has 4 bridgehead atoms. The number of ketones is 1. The molecule has 2 aromatic heterocycles. The number of Topliss-reactive ketones (excluding diaryl/α,β-unsaturated/α-hetero) is 1. The number of nitrogens with zero attached hydrogens (tertiary/aromatic N) is 4. The molecule has 12 heteroatoms. The van der Waals surface area contributed by atoms with Crippen molar-refractivity contribution < 1.29 is 31.9 Å². The van der Waals surface area contributed by atoms with Crippen LogP contribution in [0, 0.1) is 23.7 Å². The quantitative estimate of drug-likeness (QED) is 0.227. The number of aromatic nitrogens is 3. The van der Waals surface area contributed by atoms with Gasteiger partial charge in [-0.05, 0) is 114 Å². The summed E-state index contributed by atoms with van der Waals surface area (Å²) in [5.41, 5.74) is -0.665. The maximum atomic E-state index is 15.3. The maximum Gasteiger partial charge on any atom is 0.287 e. The van der Waals surface area contributed by atoms with Crippen molar-refractivity contribution in [3.8, 4) is 17.1 Å². The summed E-state index contributed by atoms with van der Waals surface area (Å²) in [5, 5.41) is 3.77. The predicted octanol–water partition coefficient (Wildman–Crippen LogP) is 7.95. The number of carbonyl (C=O) groups excluding carboxylic acids is 2. The summed E-state index contributed by atoms with van der Waals surface area (Å²) in [4.78, 5) is 38.0. The van der Waals surface area contributed by atoms with E-state index in [-0.39, 0.29) is 60.3 Å². The lowest BCUT2D eigenvalue weighted by Gasteiger charge is -2.60. The molecule has 0 atom stereocenters. The predicted molar refractivity (Wildman–Crippen MR) is 184 cm³/mol. The first-order valence-corrected chi connectivity index (χ1v) is 18.6. The van der Waals surface area contributed by atoms with Gasteiger partial charge in [0.05, 0.1) is 30.3 Å². The van der Waals surface area contributed by atoms with Crippen molar-refractivity contribution in [1.82, 2.24) is 24.8 Å². The first-order chi connectivity index (χ1) is 24.1. The molecule has 5 saturated carbocycles. The summed E-state index contributed by atoms with van der Waals surface area (Å²) in [7, 11) is 0. The molecule has 5 aliphatic carbocycles. The van der Waals surface area contributed by atoms with E-state index in [4.69, 9.17) is 4.74 Å². The average molecular weight is 710 g/mol. The molecule has 1 aromatic carbocycles. The van der Waals surface area contributed by atoms with E-state index in [9.17, 15) is 18.4 Å². The number of ether oxygens (including phenoxy) is 1. The molecule has 1 aliphatic heterocycles. The highest BCUT2D eigenvalue weighted by molar-refractivity contribution is 6.01. The van der Waals surface area contributed by atoms with Crippen molar-refractivity contribution in [1.29, 1.82) is 0 Å². The zero-order valence-electron chi connectivity index (χ0n) is 29.7. The van der Waals surface area contributed by atoms with Crippen LogP contribution < -0.4 is 10.1 Å². The van der Waals surface area contributed by atoms with Crippen LogP contribution in [0.5, 0.6) is 5.75 Å². The van der Waals surface area contributed by atoms with Gasteiger partial charge in [0.2, 0.25) is 0 Å². The smallest absolute Gasteiger partial charge is 0.287 e. The van der Waals surface area contributed by atoms with Gasteiger partial charge in [0, 0.05) is 48.4 Å². The Labute approximate surface area is 295 Å². The number of amides is 1. The molecular weight excluding hydrogens is 662 g/mol. The second kappa shape index (κ2) is 12.3. The van der Waals surface area contributed by atoms with Gasteiger partial charge in [0.1, 0.15) is 17.0 Å². The minimum atomic E-state index is -3.45. The van der Waals surface area contributed by atoms with Crippen molar-refractivity contribution in [3.63, 3.8) is 0 Å². The van der Waals surface area contributed by atoms with Crippen LogP contribution in [0.2, 0.25) is 0 Å². The molecule has 6 fully saturated rings. The van der Waals surface area contributed by atoms with Crippen molar-refractivity contribution in [2.24, 2.45) is 23.7 Å². The Morgan fingerprint density at radius 3 is 2.22 bits per heavy atom. The summed E-state index contributed by atoms with van der Waals surface area (Å²) in [6, 6.07) is 5.84. The van der Waals surface area contributed by atoms with Gasteiger partial charge in [-0.3, -0.25) is 14.5 Å². The Balaban J connectivity index is 1.06. The van der Waals surface area contributed by atoms with Crippen LogP contribution in [0.25, 0.3) is 22.3 Å². The molecule has 0 spiro atoms. The van der Waals surface area contributed by atoms with Gasteiger partial charge in [-0.25, -0.2) is 18.7 Å². The highest BCUT2D eigenvalue weighted by Crippen LogP contribution is 2.58. The molecule has 0 radical (unpaired) electrons. The highest BCUT2D eigenvalue weighted by Gasteiger charge is 2.60. The van der Waals surface area contributed by atoms with Crippen molar-refractivity contribution >= 4 is 22.6 Å². The van der Waals surface area contributed by atoms with Crippen LogP contribution in [-0.2, 0) is 10.7 Å². The number of halogens is 4. The largest absolute Gasteiger partial charge is 0.490 e. The number of rotatable bonds is 9. The number of alkyl halides is 4. The number of benzene rings is 1. The SMILES string of the molecule is CC(=O)C1(NC(=O)c2cnc(-c3cn(C(C)C)c4cc(OC5CCC(N6CC(F)(F)C6)CC5)ccc34)nc2C(C)(F)F)C2CC3CC(C2)CC1C3. The zero-order valence-corrected chi connectivity index (χ0v) is 29.7. The summed E-state index contributed by atoms with van der Waals surface area (Å²) in [5.74, 6) is -4.99. The number of nitrogens with one attached hydrogen (secondary N) is 1. The molecule has 274 valence electrons. The Morgan fingerprint density at radius 1 is 1.00 bits per heavy atom. The lowest BCUT2D eigenvalue weighted by molar-refractivity contribution is -0.151. The van der Waals surface area contributed by atoms with Gasteiger partial charge in [0.25, 0.3) is 17.8 Å². The first kappa shape index (κ1) is 34.5. The van der Waals surface area contributed by atoms with Gasteiger partial charge in [-0.1, -0.05) is 0 Å². The molecule has 1 amide bonds. The Bertz CT molecular complexity index is 1820. The fourth-order valence-electron chi connectivity index (χ4n) is 10.5. The van der Waals surface area contributed by atoms with Crippen LogP contribution in [0.1, 0.15) is 108 Å². The van der Waals surface area contributed by atoms with Gasteiger partial charge in [0.15, 0.2) is 11.6 Å². The van der Waals surface area contributed by atoms with E-state index in [2.05, 4.69) is 15.3 Å². The van der Waals surface area contributed by atoms with E-state index in [1.807, 2.05) is 47.7 Å². The Kier molecular flexibility index (Phi) is 8.31.